The normalized spacial score (nSPS) is 21.8. The molecule has 2 heterocycles. The van der Waals surface area contributed by atoms with Crippen molar-refractivity contribution in [3.05, 3.63) is 34.4 Å². The van der Waals surface area contributed by atoms with Crippen LogP contribution in [0.15, 0.2) is 23.8 Å². The monoisotopic (exact) mass is 307 g/mol. The average Bonchev–Trinajstić information content (AvgIpc) is 2.92. The van der Waals surface area contributed by atoms with Crippen LogP contribution in [0.5, 0.6) is 5.75 Å². The van der Waals surface area contributed by atoms with Gasteiger partial charge in [-0.2, -0.15) is 0 Å². The number of hydrogen-bond donors (Lipinski definition) is 0. The summed E-state index contributed by atoms with van der Waals surface area (Å²) in [6.45, 7) is 7.70. The van der Waals surface area contributed by atoms with Crippen LogP contribution in [0.3, 0.4) is 0 Å². The number of ether oxygens (including phenoxy) is 2. The lowest BCUT2D eigenvalue weighted by Crippen LogP contribution is -2.27. The first kappa shape index (κ1) is 14.9. The molecule has 0 N–H and O–H groups in total. The van der Waals surface area contributed by atoms with E-state index in [-0.39, 0.29) is 0 Å². The zero-order valence-electron chi connectivity index (χ0n) is 12.5. The summed E-state index contributed by atoms with van der Waals surface area (Å²) in [5.74, 6) is 1.61. The molecule has 1 saturated heterocycles. The Morgan fingerprint density at radius 3 is 3.19 bits per heavy atom. The molecule has 1 aromatic rings. The number of nitrogens with zero attached hydrogens (tertiary/aromatic N) is 1. The molecule has 0 radical (unpaired) electrons. The molecule has 0 aromatic heterocycles. The topological polar surface area (TPSA) is 21.7 Å². The highest BCUT2D eigenvalue weighted by Crippen LogP contribution is 2.29. The van der Waals surface area contributed by atoms with Crippen LogP contribution >= 0.6 is 11.6 Å². The highest BCUT2D eigenvalue weighted by Gasteiger charge is 2.24. The van der Waals surface area contributed by atoms with Gasteiger partial charge in [-0.3, -0.25) is 4.90 Å². The van der Waals surface area contributed by atoms with Gasteiger partial charge in [0, 0.05) is 30.3 Å². The van der Waals surface area contributed by atoms with Crippen LogP contribution in [0.25, 0.3) is 6.08 Å². The number of fused-ring (bicyclic) bond motifs is 1. The minimum atomic E-state index is 0.678. The Morgan fingerprint density at radius 2 is 2.33 bits per heavy atom. The smallest absolute Gasteiger partial charge is 0.127 e. The molecule has 3 nitrogen and oxygen atoms in total. The van der Waals surface area contributed by atoms with Gasteiger partial charge >= 0.3 is 0 Å². The zero-order chi connectivity index (χ0) is 14.7. The molecule has 114 valence electrons. The first-order chi connectivity index (χ1) is 10.2. The minimum absolute atomic E-state index is 0.678. The minimum Gasteiger partial charge on any atom is -0.489 e. The lowest BCUT2D eigenvalue weighted by molar-refractivity contribution is 0.112. The summed E-state index contributed by atoms with van der Waals surface area (Å²) in [5, 5.41) is 0.757. The lowest BCUT2D eigenvalue weighted by Gasteiger charge is -2.22. The Morgan fingerprint density at radius 1 is 1.43 bits per heavy atom. The van der Waals surface area contributed by atoms with Crippen molar-refractivity contribution in [2.45, 2.75) is 13.3 Å². The number of likely N-dealkylation sites (tertiary alicyclic amines) is 1. The van der Waals surface area contributed by atoms with Crippen molar-refractivity contribution in [2.75, 3.05) is 39.5 Å². The number of hydrogen-bond acceptors (Lipinski definition) is 3. The van der Waals surface area contributed by atoms with E-state index in [1.165, 1.54) is 12.0 Å². The van der Waals surface area contributed by atoms with Crippen molar-refractivity contribution in [1.82, 2.24) is 4.90 Å². The molecule has 0 aliphatic carbocycles. The Hall–Kier alpha value is -1.03. The van der Waals surface area contributed by atoms with E-state index in [1.54, 1.807) is 0 Å². The van der Waals surface area contributed by atoms with Gasteiger partial charge in [0.05, 0.1) is 6.61 Å². The molecule has 1 fully saturated rings. The van der Waals surface area contributed by atoms with E-state index in [0.717, 1.165) is 49.2 Å². The van der Waals surface area contributed by atoms with E-state index in [2.05, 4.69) is 17.9 Å². The molecule has 1 aromatic carbocycles. The van der Waals surface area contributed by atoms with Crippen molar-refractivity contribution in [3.63, 3.8) is 0 Å². The van der Waals surface area contributed by atoms with Crippen LogP contribution in [0.1, 0.15) is 18.9 Å². The Bertz CT molecular complexity index is 530. The maximum Gasteiger partial charge on any atom is 0.127 e. The predicted molar refractivity (Wildman–Crippen MR) is 86.0 cm³/mol. The Balaban J connectivity index is 1.59. The maximum atomic E-state index is 6.05. The fourth-order valence-corrected chi connectivity index (χ4v) is 3.23. The molecule has 0 saturated carbocycles. The molecule has 1 atom stereocenters. The summed E-state index contributed by atoms with van der Waals surface area (Å²) in [4.78, 5) is 2.49. The van der Waals surface area contributed by atoms with Gasteiger partial charge in [-0.15, -0.1) is 0 Å². The van der Waals surface area contributed by atoms with Crippen molar-refractivity contribution in [3.8, 4) is 5.75 Å². The predicted octanol–water partition coefficient (Wildman–Crippen LogP) is 3.47. The van der Waals surface area contributed by atoms with E-state index in [4.69, 9.17) is 21.1 Å². The maximum absolute atomic E-state index is 6.05. The second kappa shape index (κ2) is 6.82. The molecular weight excluding hydrogens is 286 g/mol. The fourth-order valence-electron chi connectivity index (χ4n) is 3.05. The molecule has 0 spiro atoms. The summed E-state index contributed by atoms with van der Waals surface area (Å²) < 4.78 is 11.3. The van der Waals surface area contributed by atoms with Gasteiger partial charge in [-0.1, -0.05) is 11.6 Å². The van der Waals surface area contributed by atoms with Gasteiger partial charge in [0.1, 0.15) is 12.4 Å². The second-order valence-electron chi connectivity index (χ2n) is 5.82. The largest absolute Gasteiger partial charge is 0.489 e. The van der Waals surface area contributed by atoms with Gasteiger partial charge in [0.15, 0.2) is 0 Å². The lowest BCUT2D eigenvalue weighted by atomic mass is 10.1. The molecule has 21 heavy (non-hydrogen) atoms. The molecule has 2 aliphatic heterocycles. The van der Waals surface area contributed by atoms with Crippen LogP contribution in [-0.4, -0.2) is 44.4 Å². The molecule has 3 rings (SSSR count). The molecular formula is C17H22ClNO2. The highest BCUT2D eigenvalue weighted by molar-refractivity contribution is 6.30. The van der Waals surface area contributed by atoms with Gasteiger partial charge in [-0.25, -0.2) is 0 Å². The molecule has 2 aliphatic rings. The number of benzene rings is 1. The molecule has 0 amide bonds. The van der Waals surface area contributed by atoms with E-state index < -0.39 is 0 Å². The van der Waals surface area contributed by atoms with E-state index in [1.807, 2.05) is 18.2 Å². The van der Waals surface area contributed by atoms with Crippen molar-refractivity contribution in [2.24, 2.45) is 5.92 Å². The van der Waals surface area contributed by atoms with Gasteiger partial charge in [0.25, 0.3) is 0 Å². The molecule has 0 bridgehead atoms. The molecule has 4 heteroatoms. The standard InChI is InChI=1S/C17H22ClNO2/c1-2-20-11-13-5-6-19(9-13)10-14-7-15-8-16(18)3-4-17(15)21-12-14/h3-4,7-8,13H,2,5-6,9-12H2,1H3/t13-/m1/s1. The van der Waals surface area contributed by atoms with Gasteiger partial charge in [0.2, 0.25) is 0 Å². The fraction of sp³-hybridized carbons (Fsp3) is 0.529. The average molecular weight is 308 g/mol. The summed E-state index contributed by atoms with van der Waals surface area (Å²) in [7, 11) is 0. The van der Waals surface area contributed by atoms with E-state index in [9.17, 15) is 0 Å². The second-order valence-corrected chi connectivity index (χ2v) is 6.26. The van der Waals surface area contributed by atoms with E-state index >= 15 is 0 Å². The first-order valence-electron chi connectivity index (χ1n) is 7.66. The number of halogens is 1. The Kier molecular flexibility index (Phi) is 4.84. The first-order valence-corrected chi connectivity index (χ1v) is 8.04. The summed E-state index contributed by atoms with van der Waals surface area (Å²) in [6, 6.07) is 5.79. The number of rotatable bonds is 5. The van der Waals surface area contributed by atoms with Crippen LogP contribution in [0.2, 0.25) is 5.02 Å². The third-order valence-corrected chi connectivity index (χ3v) is 4.33. The quantitative estimate of drug-likeness (QED) is 0.831. The van der Waals surface area contributed by atoms with Crippen LogP contribution in [-0.2, 0) is 4.74 Å². The van der Waals surface area contributed by atoms with Crippen LogP contribution < -0.4 is 4.74 Å². The molecule has 0 unspecified atom stereocenters. The Labute approximate surface area is 131 Å². The zero-order valence-corrected chi connectivity index (χ0v) is 13.2. The summed E-state index contributed by atoms with van der Waals surface area (Å²) in [6.07, 6.45) is 3.46. The third-order valence-electron chi connectivity index (χ3n) is 4.10. The SMILES string of the molecule is CCOC[C@@H]1CCN(CC2=Cc3cc(Cl)ccc3OC2)C1. The summed E-state index contributed by atoms with van der Waals surface area (Å²) in [5.41, 5.74) is 2.41. The van der Waals surface area contributed by atoms with Crippen molar-refractivity contribution >= 4 is 17.7 Å². The van der Waals surface area contributed by atoms with E-state index in [0.29, 0.717) is 12.5 Å². The van der Waals surface area contributed by atoms with Crippen molar-refractivity contribution in [1.29, 1.82) is 0 Å². The third kappa shape index (κ3) is 3.79. The van der Waals surface area contributed by atoms with Gasteiger partial charge < -0.3 is 9.47 Å². The van der Waals surface area contributed by atoms with Crippen LogP contribution in [0.4, 0.5) is 0 Å². The highest BCUT2D eigenvalue weighted by atomic mass is 35.5. The van der Waals surface area contributed by atoms with Crippen molar-refractivity contribution < 1.29 is 9.47 Å². The van der Waals surface area contributed by atoms with Crippen LogP contribution in [0, 0.1) is 5.92 Å². The van der Waals surface area contributed by atoms with Gasteiger partial charge in [-0.05, 0) is 55.7 Å². The summed E-state index contributed by atoms with van der Waals surface area (Å²) >= 11 is 6.05.